The molecule has 1 heterocycles. The van der Waals surface area contributed by atoms with Gasteiger partial charge in [0, 0.05) is 43.4 Å². The van der Waals surface area contributed by atoms with E-state index in [4.69, 9.17) is 21.1 Å². The van der Waals surface area contributed by atoms with Gasteiger partial charge < -0.3 is 19.5 Å². The minimum atomic E-state index is -0.472. The monoisotopic (exact) mass is 462 g/mol. The number of anilines is 1. The van der Waals surface area contributed by atoms with Gasteiger partial charge in [-0.05, 0) is 55.0 Å². The number of methoxy groups -OCH3 is 1. The number of halogens is 3. The molecule has 2 aromatic carbocycles. The lowest BCUT2D eigenvalue weighted by molar-refractivity contribution is 0.0866. The van der Waals surface area contributed by atoms with Crippen molar-refractivity contribution < 1.29 is 14.6 Å². The lowest BCUT2D eigenvalue weighted by Crippen LogP contribution is -2.47. The Morgan fingerprint density at radius 2 is 1.52 bits per heavy atom. The second kappa shape index (κ2) is 13.0. The Hall–Kier alpha value is -1.37. The van der Waals surface area contributed by atoms with Crippen molar-refractivity contribution in [3.8, 4) is 11.5 Å². The van der Waals surface area contributed by atoms with Gasteiger partial charge in [-0.2, -0.15) is 0 Å². The summed E-state index contributed by atoms with van der Waals surface area (Å²) in [6.45, 7) is 5.15. The third-order valence-corrected chi connectivity index (χ3v) is 5.10. The molecule has 1 fully saturated rings. The average molecular weight is 464 g/mol. The first-order valence-corrected chi connectivity index (χ1v) is 9.69. The minimum Gasteiger partial charge on any atom is -0.497 e. The van der Waals surface area contributed by atoms with Gasteiger partial charge in [-0.15, -0.1) is 24.8 Å². The molecule has 5 nitrogen and oxygen atoms in total. The predicted molar refractivity (Wildman–Crippen MR) is 124 cm³/mol. The highest BCUT2D eigenvalue weighted by Crippen LogP contribution is 2.20. The maximum Gasteiger partial charge on any atom is 0.119 e. The minimum absolute atomic E-state index is 0. The summed E-state index contributed by atoms with van der Waals surface area (Å²) in [6, 6.07) is 15.4. The van der Waals surface area contributed by atoms with E-state index in [-0.39, 0.29) is 24.8 Å². The van der Waals surface area contributed by atoms with Crippen molar-refractivity contribution in [2.75, 3.05) is 51.3 Å². The molecular formula is C21H29Cl3N2O3. The van der Waals surface area contributed by atoms with E-state index in [9.17, 15) is 5.11 Å². The zero-order chi connectivity index (χ0) is 19.1. The second-order valence-electron chi connectivity index (χ2n) is 6.73. The third-order valence-electron chi connectivity index (χ3n) is 4.84. The molecule has 0 radical (unpaired) electrons. The van der Waals surface area contributed by atoms with E-state index in [2.05, 4.69) is 21.9 Å². The fourth-order valence-electron chi connectivity index (χ4n) is 3.16. The quantitative estimate of drug-likeness (QED) is 0.637. The molecule has 162 valence electrons. The van der Waals surface area contributed by atoms with Crippen LogP contribution in [0.5, 0.6) is 11.5 Å². The molecule has 8 heteroatoms. The van der Waals surface area contributed by atoms with Gasteiger partial charge >= 0.3 is 0 Å². The number of aliphatic hydroxyl groups is 1. The summed E-state index contributed by atoms with van der Waals surface area (Å²) in [4.78, 5) is 4.78. The summed E-state index contributed by atoms with van der Waals surface area (Å²) >= 11 is 5.85. The van der Waals surface area contributed by atoms with E-state index < -0.39 is 6.10 Å². The molecule has 0 aromatic heterocycles. The first-order chi connectivity index (χ1) is 13.1. The Bertz CT molecular complexity index is 693. The van der Waals surface area contributed by atoms with Crippen LogP contribution in [0.3, 0.4) is 0 Å². The first-order valence-electron chi connectivity index (χ1n) is 9.32. The zero-order valence-electron chi connectivity index (χ0n) is 16.5. The standard InChI is InChI=1S/C21H27ClN2O3.2ClH/c1-26-20-8-4-18(5-9-20)24-14-12-23(13-15-24)11-10-19(25)16-27-21-6-2-17(22)3-7-21;;/h2-9,19,25H,10-16H2,1H3;2*1H. The molecule has 0 spiro atoms. The lowest BCUT2D eigenvalue weighted by Gasteiger charge is -2.36. The van der Waals surface area contributed by atoms with Crippen LogP contribution < -0.4 is 14.4 Å². The van der Waals surface area contributed by atoms with Crippen LogP contribution in [0.25, 0.3) is 0 Å². The number of hydrogen-bond donors (Lipinski definition) is 1. The summed E-state index contributed by atoms with van der Waals surface area (Å²) in [5.41, 5.74) is 1.23. The van der Waals surface area contributed by atoms with Crippen molar-refractivity contribution in [3.05, 3.63) is 53.6 Å². The van der Waals surface area contributed by atoms with Crippen molar-refractivity contribution in [3.63, 3.8) is 0 Å². The molecule has 3 rings (SSSR count). The van der Waals surface area contributed by atoms with Gasteiger partial charge in [-0.3, -0.25) is 4.90 Å². The molecule has 0 amide bonds. The molecular weight excluding hydrogens is 435 g/mol. The number of piperazine rings is 1. The maximum absolute atomic E-state index is 10.2. The molecule has 0 saturated carbocycles. The smallest absolute Gasteiger partial charge is 0.119 e. The van der Waals surface area contributed by atoms with Crippen LogP contribution in [0.4, 0.5) is 5.69 Å². The Labute approximate surface area is 190 Å². The number of aliphatic hydroxyl groups excluding tert-OH is 1. The van der Waals surface area contributed by atoms with Crippen LogP contribution in [0.1, 0.15) is 6.42 Å². The molecule has 1 aliphatic rings. The second-order valence-corrected chi connectivity index (χ2v) is 7.17. The SMILES string of the molecule is COc1ccc(N2CCN(CCC(O)COc3ccc(Cl)cc3)CC2)cc1.Cl.Cl. The van der Waals surface area contributed by atoms with E-state index in [1.165, 1.54) is 5.69 Å². The average Bonchev–Trinajstić information content (AvgIpc) is 2.72. The van der Waals surface area contributed by atoms with Crippen LogP contribution in [-0.4, -0.2) is 62.6 Å². The number of hydrogen-bond acceptors (Lipinski definition) is 5. The van der Waals surface area contributed by atoms with Crippen LogP contribution in [0.2, 0.25) is 5.02 Å². The van der Waals surface area contributed by atoms with E-state index >= 15 is 0 Å². The predicted octanol–water partition coefficient (Wildman–Crippen LogP) is 4.14. The van der Waals surface area contributed by atoms with Gasteiger partial charge in [-0.1, -0.05) is 11.6 Å². The highest BCUT2D eigenvalue weighted by atomic mass is 35.5. The highest BCUT2D eigenvalue weighted by Gasteiger charge is 2.18. The molecule has 0 aliphatic carbocycles. The van der Waals surface area contributed by atoms with Crippen molar-refractivity contribution in [2.24, 2.45) is 0 Å². The molecule has 1 N–H and O–H groups in total. The van der Waals surface area contributed by atoms with Gasteiger partial charge in [0.15, 0.2) is 0 Å². The van der Waals surface area contributed by atoms with Crippen molar-refractivity contribution in [1.29, 1.82) is 0 Å². The molecule has 29 heavy (non-hydrogen) atoms. The summed E-state index contributed by atoms with van der Waals surface area (Å²) in [6.07, 6.45) is 0.233. The fraction of sp³-hybridized carbons (Fsp3) is 0.429. The van der Waals surface area contributed by atoms with E-state index in [0.717, 1.165) is 44.2 Å². The summed E-state index contributed by atoms with van der Waals surface area (Å²) < 4.78 is 10.8. The summed E-state index contributed by atoms with van der Waals surface area (Å²) in [7, 11) is 1.68. The fourth-order valence-corrected chi connectivity index (χ4v) is 3.29. The Balaban J connectivity index is 0.00000210. The molecule has 1 saturated heterocycles. The van der Waals surface area contributed by atoms with Crippen LogP contribution in [0, 0.1) is 0 Å². The van der Waals surface area contributed by atoms with Gasteiger partial charge in [0.1, 0.15) is 18.1 Å². The number of benzene rings is 2. The van der Waals surface area contributed by atoms with Gasteiger partial charge in [0.05, 0.1) is 13.2 Å². The third kappa shape index (κ3) is 8.11. The van der Waals surface area contributed by atoms with Crippen molar-refractivity contribution >= 4 is 42.1 Å². The number of nitrogens with zero attached hydrogens (tertiary/aromatic N) is 2. The Morgan fingerprint density at radius 1 is 0.931 bits per heavy atom. The molecule has 1 aliphatic heterocycles. The van der Waals surface area contributed by atoms with Crippen LogP contribution in [0.15, 0.2) is 48.5 Å². The van der Waals surface area contributed by atoms with Crippen LogP contribution in [-0.2, 0) is 0 Å². The number of ether oxygens (including phenoxy) is 2. The Morgan fingerprint density at radius 3 is 2.10 bits per heavy atom. The van der Waals surface area contributed by atoms with E-state index in [0.29, 0.717) is 18.1 Å². The molecule has 2 aromatic rings. The van der Waals surface area contributed by atoms with Crippen LogP contribution >= 0.6 is 36.4 Å². The van der Waals surface area contributed by atoms with Crippen molar-refractivity contribution in [2.45, 2.75) is 12.5 Å². The Kier molecular flexibility index (Phi) is 11.5. The molecule has 1 atom stereocenters. The number of rotatable bonds is 8. The van der Waals surface area contributed by atoms with Gasteiger partial charge in [0.2, 0.25) is 0 Å². The first kappa shape index (κ1) is 25.7. The maximum atomic E-state index is 10.2. The highest BCUT2D eigenvalue weighted by molar-refractivity contribution is 6.30. The van der Waals surface area contributed by atoms with Crippen molar-refractivity contribution in [1.82, 2.24) is 4.90 Å². The van der Waals surface area contributed by atoms with Gasteiger partial charge in [0.25, 0.3) is 0 Å². The summed E-state index contributed by atoms with van der Waals surface area (Å²) in [5, 5.41) is 10.9. The lowest BCUT2D eigenvalue weighted by atomic mass is 10.2. The summed E-state index contributed by atoms with van der Waals surface area (Å²) in [5.74, 6) is 1.61. The normalized spacial score (nSPS) is 15.1. The molecule has 0 bridgehead atoms. The van der Waals surface area contributed by atoms with E-state index in [1.807, 2.05) is 24.3 Å². The van der Waals surface area contributed by atoms with E-state index in [1.54, 1.807) is 19.2 Å². The topological polar surface area (TPSA) is 45.2 Å². The zero-order valence-corrected chi connectivity index (χ0v) is 18.9. The van der Waals surface area contributed by atoms with Gasteiger partial charge in [-0.25, -0.2) is 0 Å². The molecule has 1 unspecified atom stereocenters. The largest absolute Gasteiger partial charge is 0.497 e.